The van der Waals surface area contributed by atoms with Crippen LogP contribution in [0.2, 0.25) is 22.3 Å². The second-order valence-corrected chi connectivity index (χ2v) is 18.2. The third-order valence-electron chi connectivity index (χ3n) is 3.76. The Hall–Kier alpha value is 3.32. The molecule has 0 aromatic carbocycles. The Morgan fingerprint density at radius 1 is 1.06 bits per heavy atom. The van der Waals surface area contributed by atoms with Crippen LogP contribution < -0.4 is 0 Å². The van der Waals surface area contributed by atoms with Crippen molar-refractivity contribution in [2.45, 2.75) is 45.6 Å². The molecule has 0 bridgehead atoms. The fourth-order valence-corrected chi connectivity index (χ4v) is 19.0. The van der Waals surface area contributed by atoms with Gasteiger partial charge in [0.2, 0.25) is 0 Å². The van der Waals surface area contributed by atoms with Crippen LogP contribution in [-0.4, -0.2) is 96.5 Å². The molecule has 0 spiro atoms. The average molecular weight is 642 g/mol. The Bertz CT molecular complexity index is 259. The Balaban J connectivity index is 1.56. The van der Waals surface area contributed by atoms with Gasteiger partial charge in [0, 0.05) is 0 Å². The van der Waals surface area contributed by atoms with E-state index < -0.39 is 0 Å². The molecule has 0 N–H and O–H groups in total. The molecule has 6 heteroatoms. The molecule has 3 heterocycles. The molecule has 3 saturated heterocycles. The van der Waals surface area contributed by atoms with E-state index in [0.29, 0.717) is 0 Å². The first-order valence-corrected chi connectivity index (χ1v) is 16.2. The second kappa shape index (κ2) is 7.73. The van der Waals surface area contributed by atoms with Crippen LogP contribution in [0.5, 0.6) is 0 Å². The Morgan fingerprint density at radius 2 is 1.67 bits per heavy atom. The van der Waals surface area contributed by atoms with Crippen LogP contribution in [0.3, 0.4) is 0 Å². The maximum absolute atomic E-state index is 2.21. The van der Waals surface area contributed by atoms with Crippen molar-refractivity contribution < 1.29 is 0 Å². The van der Waals surface area contributed by atoms with Crippen molar-refractivity contribution in [3.05, 3.63) is 0 Å². The maximum atomic E-state index is 2.21. The van der Waals surface area contributed by atoms with Gasteiger partial charge in [-0.3, -0.25) is 0 Å². The van der Waals surface area contributed by atoms with Gasteiger partial charge in [-0.25, -0.2) is 0 Å². The van der Waals surface area contributed by atoms with Gasteiger partial charge in [-0.05, 0) is 0 Å². The Kier molecular flexibility index (Phi) is 6.95. The second-order valence-electron chi connectivity index (χ2n) is 5.30. The van der Waals surface area contributed by atoms with E-state index >= 15 is 0 Å². The summed E-state index contributed by atoms with van der Waals surface area (Å²) in [5.41, 5.74) is 0. The first-order chi connectivity index (χ1) is 8.74. The predicted octanol–water partition coefficient (Wildman–Crippen LogP) is 2.00. The van der Waals surface area contributed by atoms with Crippen molar-refractivity contribution in [3.63, 3.8) is 0 Å². The standard InChI is InChI=1S/C12H20S2Se2Te2/c17-10(1-7-3-13-7)9-5-15-6-16-12(9)11(18)2-8-4-14-8/h7-12,17-18H,1-6H2. The Labute approximate surface area is 159 Å². The van der Waals surface area contributed by atoms with Gasteiger partial charge in [0.15, 0.2) is 0 Å². The molecule has 3 aliphatic heterocycles. The van der Waals surface area contributed by atoms with Crippen LogP contribution in [0.15, 0.2) is 0 Å². The molecule has 18 heavy (non-hydrogen) atoms. The minimum absolute atomic E-state index is 1.000. The molecular formula is C12H20S2Se2Te2. The van der Waals surface area contributed by atoms with Crippen LogP contribution in [0.25, 0.3) is 0 Å². The summed E-state index contributed by atoms with van der Waals surface area (Å²) in [7, 11) is 0. The average Bonchev–Trinajstić information content (AvgIpc) is 3.25. The molecular weight excluding hydrogens is 621 g/mol. The van der Waals surface area contributed by atoms with Gasteiger partial charge < -0.3 is 0 Å². The molecule has 3 rings (SSSR count). The molecule has 104 valence electrons. The molecule has 0 aliphatic carbocycles. The van der Waals surface area contributed by atoms with Gasteiger partial charge in [-0.1, -0.05) is 0 Å². The quantitative estimate of drug-likeness (QED) is 0.322. The zero-order valence-electron chi connectivity index (χ0n) is 10.2. The number of thioether (sulfide) groups is 2. The minimum atomic E-state index is 1.000. The van der Waals surface area contributed by atoms with E-state index in [0.717, 1.165) is 54.3 Å². The van der Waals surface area contributed by atoms with Gasteiger partial charge in [-0.15, -0.1) is 0 Å². The van der Waals surface area contributed by atoms with E-state index in [1.807, 2.05) is 0 Å². The number of rotatable bonds is 6. The van der Waals surface area contributed by atoms with Crippen LogP contribution >= 0.6 is 23.5 Å². The fourth-order valence-electron chi connectivity index (χ4n) is 2.51. The molecule has 0 saturated carbocycles. The van der Waals surface area contributed by atoms with Crippen molar-refractivity contribution in [1.82, 2.24) is 0 Å². The third kappa shape index (κ3) is 4.91. The Morgan fingerprint density at radius 3 is 2.28 bits per heavy atom. The molecule has 0 aromatic heterocycles. The van der Waals surface area contributed by atoms with E-state index in [-0.39, 0.29) is 0 Å². The van der Waals surface area contributed by atoms with Crippen molar-refractivity contribution in [2.75, 3.05) is 11.5 Å². The predicted molar refractivity (Wildman–Crippen MR) is 91.9 cm³/mol. The van der Waals surface area contributed by atoms with Crippen molar-refractivity contribution in [1.29, 1.82) is 0 Å². The SMILES string of the molecule is [TeH]C(CC1CS1)C1C[Se]C[Se]C1C([TeH])CC1CS1. The third-order valence-corrected chi connectivity index (χ3v) is 17.8. The van der Waals surface area contributed by atoms with Crippen LogP contribution in [0.4, 0.5) is 0 Å². The molecule has 6 unspecified atom stereocenters. The zero-order chi connectivity index (χ0) is 12.5. The summed E-state index contributed by atoms with van der Waals surface area (Å²) >= 11 is 10.8. The van der Waals surface area contributed by atoms with Gasteiger partial charge in [0.1, 0.15) is 0 Å². The van der Waals surface area contributed by atoms with Crippen LogP contribution in [0, 0.1) is 5.92 Å². The van der Waals surface area contributed by atoms with Gasteiger partial charge in [0.25, 0.3) is 0 Å². The molecule has 3 fully saturated rings. The molecule has 6 atom stereocenters. The van der Waals surface area contributed by atoms with E-state index in [1.54, 1.807) is 22.4 Å². The van der Waals surface area contributed by atoms with Gasteiger partial charge in [0.05, 0.1) is 0 Å². The van der Waals surface area contributed by atoms with Gasteiger partial charge in [-0.2, -0.15) is 0 Å². The first kappa shape index (κ1) is 16.2. The monoisotopic (exact) mass is 648 g/mol. The summed E-state index contributed by atoms with van der Waals surface area (Å²) in [6.07, 6.45) is 3.12. The van der Waals surface area contributed by atoms with Crippen molar-refractivity contribution >= 4 is 98.0 Å². The summed E-state index contributed by atoms with van der Waals surface area (Å²) in [4.78, 5) is 1.17. The summed E-state index contributed by atoms with van der Waals surface area (Å²) in [5.74, 6) is 4.10. The molecule has 3 aliphatic rings. The molecule has 0 amide bonds. The summed E-state index contributed by atoms with van der Waals surface area (Å²) < 4.78 is 3.81. The summed E-state index contributed by atoms with van der Waals surface area (Å²) in [5, 5.41) is 3.77. The number of hydrogen-bond donors (Lipinski definition) is 0. The first-order valence-electron chi connectivity index (χ1n) is 6.52. The normalized spacial score (nSPS) is 42.3. The van der Waals surface area contributed by atoms with Crippen LogP contribution in [0.1, 0.15) is 12.8 Å². The molecule has 0 aromatic rings. The van der Waals surface area contributed by atoms with Crippen LogP contribution in [-0.2, 0) is 0 Å². The van der Waals surface area contributed by atoms with E-state index in [4.69, 9.17) is 0 Å². The summed E-state index contributed by atoms with van der Waals surface area (Å²) in [6.45, 7) is 0. The number of hydrogen-bond acceptors (Lipinski definition) is 2. The molecule has 0 radical (unpaired) electrons. The topological polar surface area (TPSA) is 0 Å². The van der Waals surface area contributed by atoms with Crippen molar-refractivity contribution in [2.24, 2.45) is 5.92 Å². The van der Waals surface area contributed by atoms with Gasteiger partial charge >= 0.3 is 161 Å². The van der Waals surface area contributed by atoms with E-state index in [9.17, 15) is 0 Å². The molecule has 0 nitrogen and oxygen atoms in total. The zero-order valence-corrected chi connectivity index (χ0v) is 20.4. The van der Waals surface area contributed by atoms with E-state index in [2.05, 4.69) is 68.1 Å². The van der Waals surface area contributed by atoms with Crippen molar-refractivity contribution in [3.8, 4) is 0 Å². The van der Waals surface area contributed by atoms with E-state index in [1.165, 1.54) is 16.3 Å². The fraction of sp³-hybridized carbons (Fsp3) is 1.00. The summed E-state index contributed by atoms with van der Waals surface area (Å²) in [6, 6.07) is 0.